The number of nitrogens with zero attached hydrogens (tertiary/aromatic N) is 2. The molecular weight excluding hydrogens is 341 g/mol. The summed E-state index contributed by atoms with van der Waals surface area (Å²) >= 11 is 0. The van der Waals surface area contributed by atoms with Crippen molar-refractivity contribution in [2.24, 2.45) is 0 Å². The zero-order chi connectivity index (χ0) is 18.4. The van der Waals surface area contributed by atoms with Gasteiger partial charge in [-0.05, 0) is 36.2 Å². The average molecular weight is 355 g/mol. The van der Waals surface area contributed by atoms with E-state index in [1.807, 2.05) is 0 Å². The third kappa shape index (κ3) is 3.57. The number of rotatable bonds is 3. The molecular formula is C17H14F5N3. The molecule has 0 aliphatic heterocycles. The van der Waals surface area contributed by atoms with Crippen LogP contribution in [0.5, 0.6) is 0 Å². The number of aryl methyl sites for hydroxylation is 1. The zero-order valence-electron chi connectivity index (χ0n) is 13.3. The molecule has 3 rings (SSSR count). The van der Waals surface area contributed by atoms with Crippen molar-refractivity contribution in [1.29, 1.82) is 0 Å². The summed E-state index contributed by atoms with van der Waals surface area (Å²) in [6, 6.07) is 8.91. The number of nitrogens with one attached hydrogen (secondary N) is 1. The standard InChI is InChI=1S/C17H14F5N3/c1-10-14-8-5-12(9-25(14)15(23-10)16(2,18)19)11-3-6-13(7-4-11)24-17(20,21)22/h3-9,24H,1-2H3. The van der Waals surface area contributed by atoms with Crippen molar-refractivity contribution in [1.82, 2.24) is 9.38 Å². The first kappa shape index (κ1) is 17.2. The van der Waals surface area contributed by atoms with Crippen molar-refractivity contribution >= 4 is 11.2 Å². The number of imidazole rings is 1. The molecule has 0 saturated heterocycles. The molecule has 0 aliphatic rings. The molecule has 0 aliphatic carbocycles. The van der Waals surface area contributed by atoms with E-state index in [0.29, 0.717) is 22.3 Å². The lowest BCUT2D eigenvalue weighted by atomic mass is 10.1. The van der Waals surface area contributed by atoms with E-state index < -0.39 is 12.2 Å². The molecule has 0 bridgehead atoms. The van der Waals surface area contributed by atoms with Gasteiger partial charge in [-0.3, -0.25) is 9.72 Å². The fourth-order valence-corrected chi connectivity index (χ4v) is 2.63. The van der Waals surface area contributed by atoms with Gasteiger partial charge in [-0.15, -0.1) is 0 Å². The highest BCUT2D eigenvalue weighted by molar-refractivity contribution is 5.68. The minimum atomic E-state index is -4.52. The Morgan fingerprint density at radius 3 is 2.08 bits per heavy atom. The van der Waals surface area contributed by atoms with Gasteiger partial charge in [0.1, 0.15) is 0 Å². The minimum Gasteiger partial charge on any atom is -0.298 e. The van der Waals surface area contributed by atoms with Gasteiger partial charge in [0.25, 0.3) is 0 Å². The van der Waals surface area contributed by atoms with Gasteiger partial charge in [0.05, 0.1) is 11.2 Å². The van der Waals surface area contributed by atoms with Crippen LogP contribution in [0.15, 0.2) is 42.6 Å². The predicted octanol–water partition coefficient (Wildman–Crippen LogP) is 5.35. The molecule has 0 spiro atoms. The Hall–Kier alpha value is -2.64. The normalized spacial score (nSPS) is 12.6. The maximum Gasteiger partial charge on any atom is 0.482 e. The minimum absolute atomic E-state index is 0.100. The van der Waals surface area contributed by atoms with Gasteiger partial charge in [0.2, 0.25) is 0 Å². The fraction of sp³-hybridized carbons (Fsp3) is 0.235. The molecule has 132 valence electrons. The van der Waals surface area contributed by atoms with E-state index in [1.165, 1.54) is 40.2 Å². The molecule has 0 radical (unpaired) electrons. The third-order valence-corrected chi connectivity index (χ3v) is 3.72. The van der Waals surface area contributed by atoms with Crippen LogP contribution in [-0.2, 0) is 5.92 Å². The van der Waals surface area contributed by atoms with Crippen molar-refractivity contribution in [3.63, 3.8) is 0 Å². The van der Waals surface area contributed by atoms with Crippen LogP contribution in [0.2, 0.25) is 0 Å². The van der Waals surface area contributed by atoms with Gasteiger partial charge in [0.15, 0.2) is 5.82 Å². The number of benzene rings is 1. The molecule has 3 aromatic rings. The largest absolute Gasteiger partial charge is 0.482 e. The summed E-state index contributed by atoms with van der Waals surface area (Å²) in [5.74, 6) is -3.49. The van der Waals surface area contributed by atoms with E-state index in [-0.39, 0.29) is 11.5 Å². The summed E-state index contributed by atoms with van der Waals surface area (Å²) in [6.07, 6.45) is -3.01. The van der Waals surface area contributed by atoms with Crippen molar-refractivity contribution in [2.75, 3.05) is 5.32 Å². The summed E-state index contributed by atoms with van der Waals surface area (Å²) in [5, 5.41) is 1.41. The maximum atomic E-state index is 13.7. The summed E-state index contributed by atoms with van der Waals surface area (Å²) in [4.78, 5) is 3.93. The van der Waals surface area contributed by atoms with Gasteiger partial charge in [-0.1, -0.05) is 18.2 Å². The molecule has 0 atom stereocenters. The van der Waals surface area contributed by atoms with E-state index in [2.05, 4.69) is 4.98 Å². The second-order valence-corrected chi connectivity index (χ2v) is 5.78. The van der Waals surface area contributed by atoms with Crippen LogP contribution in [0.4, 0.5) is 27.6 Å². The van der Waals surface area contributed by atoms with Crippen LogP contribution in [0.25, 0.3) is 16.6 Å². The molecule has 1 aromatic carbocycles. The highest BCUT2D eigenvalue weighted by Gasteiger charge is 2.31. The number of hydrogen-bond donors (Lipinski definition) is 1. The van der Waals surface area contributed by atoms with E-state index >= 15 is 0 Å². The molecule has 8 heteroatoms. The molecule has 0 amide bonds. The Morgan fingerprint density at radius 2 is 1.52 bits per heavy atom. The second kappa shape index (κ2) is 5.72. The Balaban J connectivity index is 2.02. The molecule has 25 heavy (non-hydrogen) atoms. The molecule has 2 aromatic heterocycles. The van der Waals surface area contributed by atoms with Crippen LogP contribution in [0.1, 0.15) is 18.4 Å². The van der Waals surface area contributed by atoms with Crippen molar-refractivity contribution in [3.05, 3.63) is 54.1 Å². The molecule has 2 heterocycles. The maximum absolute atomic E-state index is 13.7. The number of anilines is 1. The van der Waals surface area contributed by atoms with Crippen LogP contribution in [0, 0.1) is 6.92 Å². The monoisotopic (exact) mass is 355 g/mol. The summed E-state index contributed by atoms with van der Waals surface area (Å²) < 4.78 is 65.7. The Labute approximate surface area is 140 Å². The number of aromatic nitrogens is 2. The Morgan fingerprint density at radius 1 is 0.920 bits per heavy atom. The first-order chi connectivity index (χ1) is 11.5. The molecule has 0 saturated carbocycles. The summed E-state index contributed by atoms with van der Waals surface area (Å²) in [7, 11) is 0. The lowest BCUT2D eigenvalue weighted by molar-refractivity contribution is -0.0999. The van der Waals surface area contributed by atoms with Gasteiger partial charge in [-0.25, -0.2) is 4.98 Å². The number of halogens is 5. The average Bonchev–Trinajstić information content (AvgIpc) is 2.83. The Bertz CT molecular complexity index is 905. The topological polar surface area (TPSA) is 29.3 Å². The van der Waals surface area contributed by atoms with Crippen LogP contribution in [0.3, 0.4) is 0 Å². The highest BCUT2D eigenvalue weighted by atomic mass is 19.4. The summed E-state index contributed by atoms with van der Waals surface area (Å²) in [5.41, 5.74) is 2.13. The van der Waals surface area contributed by atoms with E-state index in [1.54, 1.807) is 19.1 Å². The van der Waals surface area contributed by atoms with Crippen molar-refractivity contribution < 1.29 is 22.0 Å². The number of fused-ring (bicyclic) bond motifs is 1. The van der Waals surface area contributed by atoms with Gasteiger partial charge >= 0.3 is 12.2 Å². The first-order valence-corrected chi connectivity index (χ1v) is 7.37. The van der Waals surface area contributed by atoms with Crippen LogP contribution in [-0.4, -0.2) is 15.7 Å². The molecule has 0 unspecified atom stereocenters. The fourth-order valence-electron chi connectivity index (χ4n) is 2.63. The van der Waals surface area contributed by atoms with Gasteiger partial charge in [-0.2, -0.15) is 22.0 Å². The lowest BCUT2D eigenvalue weighted by Crippen LogP contribution is -2.20. The predicted molar refractivity (Wildman–Crippen MR) is 84.6 cm³/mol. The Kier molecular flexibility index (Phi) is 3.93. The second-order valence-electron chi connectivity index (χ2n) is 5.78. The highest BCUT2D eigenvalue weighted by Crippen LogP contribution is 2.30. The molecule has 0 fully saturated rings. The number of hydrogen-bond acceptors (Lipinski definition) is 2. The number of alkyl halides is 5. The smallest absolute Gasteiger partial charge is 0.298 e. The summed E-state index contributed by atoms with van der Waals surface area (Å²) in [6.45, 7) is 2.41. The molecule has 3 nitrogen and oxygen atoms in total. The van der Waals surface area contributed by atoms with Gasteiger partial charge < -0.3 is 0 Å². The van der Waals surface area contributed by atoms with E-state index in [0.717, 1.165) is 6.92 Å². The van der Waals surface area contributed by atoms with Crippen LogP contribution >= 0.6 is 0 Å². The lowest BCUT2D eigenvalue weighted by Gasteiger charge is -2.12. The number of pyridine rings is 1. The van der Waals surface area contributed by atoms with E-state index in [4.69, 9.17) is 0 Å². The van der Waals surface area contributed by atoms with E-state index in [9.17, 15) is 22.0 Å². The third-order valence-electron chi connectivity index (χ3n) is 3.72. The van der Waals surface area contributed by atoms with Crippen molar-refractivity contribution in [2.45, 2.75) is 26.1 Å². The van der Waals surface area contributed by atoms with Crippen LogP contribution < -0.4 is 5.32 Å². The SMILES string of the molecule is Cc1nc(C(C)(F)F)n2cc(-c3ccc(NC(F)(F)F)cc3)ccc12. The van der Waals surface area contributed by atoms with Gasteiger partial charge in [0, 0.05) is 18.8 Å². The zero-order valence-corrected chi connectivity index (χ0v) is 13.3. The quantitative estimate of drug-likeness (QED) is 0.507. The first-order valence-electron chi connectivity index (χ1n) is 7.37. The molecule has 1 N–H and O–H groups in total. The van der Waals surface area contributed by atoms with Crippen molar-refractivity contribution in [3.8, 4) is 11.1 Å².